The van der Waals surface area contributed by atoms with Crippen LogP contribution in [-0.4, -0.2) is 0 Å². The van der Waals surface area contributed by atoms with Gasteiger partial charge in [-0.25, -0.2) is 0 Å². The number of allylic oxidation sites excluding steroid dienone is 10. The maximum Gasteiger partial charge on any atom is -0.0138 e. The van der Waals surface area contributed by atoms with E-state index in [9.17, 15) is 0 Å². The fourth-order valence-electron chi connectivity index (χ4n) is 1.92. The SMILES string of the molecule is C=C/C=C\C(=C/C)P(/C(C=C)=C/C=C\C)c1ccccc1.CC. The number of benzene rings is 1. The zero-order valence-electron chi connectivity index (χ0n) is 14.9. The maximum atomic E-state index is 4.00. The Hall–Kier alpha value is -1.91. The third kappa shape index (κ3) is 7.26. The van der Waals surface area contributed by atoms with Gasteiger partial charge >= 0.3 is 0 Å². The van der Waals surface area contributed by atoms with Crippen LogP contribution in [0.1, 0.15) is 27.7 Å². The first kappa shape index (κ1) is 21.1. The van der Waals surface area contributed by atoms with E-state index in [1.807, 2.05) is 45.1 Å². The zero-order chi connectivity index (χ0) is 17.5. The van der Waals surface area contributed by atoms with Crippen LogP contribution in [0.3, 0.4) is 0 Å². The Morgan fingerprint density at radius 2 is 1.61 bits per heavy atom. The molecule has 0 nitrogen and oxygen atoms in total. The van der Waals surface area contributed by atoms with E-state index in [0.717, 1.165) is 0 Å². The molecular weight excluding hydrogens is 295 g/mol. The van der Waals surface area contributed by atoms with Crippen LogP contribution >= 0.6 is 7.92 Å². The molecule has 0 radical (unpaired) electrons. The highest BCUT2D eigenvalue weighted by atomic mass is 31.1. The molecule has 1 aromatic carbocycles. The van der Waals surface area contributed by atoms with E-state index in [4.69, 9.17) is 0 Å². The third-order valence-electron chi connectivity index (χ3n) is 2.90. The highest BCUT2D eigenvalue weighted by molar-refractivity contribution is 7.74. The summed E-state index contributed by atoms with van der Waals surface area (Å²) in [4.78, 5) is 0. The van der Waals surface area contributed by atoms with Crippen molar-refractivity contribution < 1.29 is 0 Å². The average Bonchev–Trinajstić information content (AvgIpc) is 2.63. The van der Waals surface area contributed by atoms with Gasteiger partial charge in [0.25, 0.3) is 0 Å². The minimum atomic E-state index is -0.588. The van der Waals surface area contributed by atoms with Gasteiger partial charge in [0.1, 0.15) is 0 Å². The Bertz CT molecular complexity index is 571. The quantitative estimate of drug-likeness (QED) is 0.370. The van der Waals surface area contributed by atoms with Crippen molar-refractivity contribution in [3.05, 3.63) is 103 Å². The molecule has 0 saturated carbocycles. The Balaban J connectivity index is 0.00000232. The lowest BCUT2D eigenvalue weighted by atomic mass is 10.4. The fourth-order valence-corrected chi connectivity index (χ4v) is 4.20. The molecule has 0 aliphatic carbocycles. The molecule has 0 fully saturated rings. The van der Waals surface area contributed by atoms with Crippen molar-refractivity contribution in [2.24, 2.45) is 0 Å². The molecule has 0 amide bonds. The monoisotopic (exact) mass is 324 g/mol. The van der Waals surface area contributed by atoms with Gasteiger partial charge in [-0.1, -0.05) is 106 Å². The van der Waals surface area contributed by atoms with Gasteiger partial charge in [0.2, 0.25) is 0 Å². The highest BCUT2D eigenvalue weighted by Gasteiger charge is 2.16. The van der Waals surface area contributed by atoms with Crippen LogP contribution in [0.25, 0.3) is 0 Å². The summed E-state index contributed by atoms with van der Waals surface area (Å²) in [5, 5.41) is 3.87. The molecular formula is C22H29P. The molecule has 0 saturated heterocycles. The van der Waals surface area contributed by atoms with Crippen molar-refractivity contribution in [3.63, 3.8) is 0 Å². The minimum Gasteiger partial charge on any atom is -0.0991 e. The van der Waals surface area contributed by atoms with E-state index in [2.05, 4.69) is 74.7 Å². The Morgan fingerprint density at radius 3 is 2.09 bits per heavy atom. The molecule has 1 atom stereocenters. The normalized spacial score (nSPS) is 13.6. The molecule has 122 valence electrons. The van der Waals surface area contributed by atoms with Crippen molar-refractivity contribution in [1.82, 2.24) is 0 Å². The van der Waals surface area contributed by atoms with Crippen molar-refractivity contribution in [2.45, 2.75) is 27.7 Å². The largest absolute Gasteiger partial charge is 0.0991 e. The van der Waals surface area contributed by atoms with Crippen molar-refractivity contribution in [3.8, 4) is 0 Å². The van der Waals surface area contributed by atoms with E-state index >= 15 is 0 Å². The summed E-state index contributed by atoms with van der Waals surface area (Å²) in [6.45, 7) is 15.9. The van der Waals surface area contributed by atoms with Crippen molar-refractivity contribution >= 4 is 13.2 Å². The van der Waals surface area contributed by atoms with Crippen molar-refractivity contribution in [1.29, 1.82) is 0 Å². The van der Waals surface area contributed by atoms with Gasteiger partial charge in [0, 0.05) is 0 Å². The molecule has 0 N–H and O–H groups in total. The van der Waals surface area contributed by atoms with Crippen LogP contribution in [0.2, 0.25) is 0 Å². The first-order valence-corrected chi connectivity index (χ1v) is 9.38. The van der Waals surface area contributed by atoms with Gasteiger partial charge < -0.3 is 0 Å². The van der Waals surface area contributed by atoms with Crippen LogP contribution < -0.4 is 5.30 Å². The number of rotatable bonds is 7. The van der Waals surface area contributed by atoms with Gasteiger partial charge in [0.15, 0.2) is 0 Å². The Kier molecular flexibility index (Phi) is 12.6. The van der Waals surface area contributed by atoms with E-state index in [1.165, 1.54) is 15.9 Å². The fraction of sp³-hybridized carbons (Fsp3) is 0.182. The van der Waals surface area contributed by atoms with Gasteiger partial charge in [-0.2, -0.15) is 0 Å². The third-order valence-corrected chi connectivity index (χ3v) is 5.48. The van der Waals surface area contributed by atoms with Crippen LogP contribution in [0.15, 0.2) is 103 Å². The zero-order valence-corrected chi connectivity index (χ0v) is 15.8. The van der Waals surface area contributed by atoms with Gasteiger partial charge in [-0.05, 0) is 37.7 Å². The van der Waals surface area contributed by atoms with Crippen LogP contribution in [-0.2, 0) is 0 Å². The molecule has 23 heavy (non-hydrogen) atoms. The molecule has 0 spiro atoms. The van der Waals surface area contributed by atoms with Crippen LogP contribution in [0.4, 0.5) is 0 Å². The van der Waals surface area contributed by atoms with E-state index in [0.29, 0.717) is 0 Å². The van der Waals surface area contributed by atoms with E-state index < -0.39 is 7.92 Å². The second kappa shape index (κ2) is 13.7. The summed E-state index contributed by atoms with van der Waals surface area (Å²) in [6, 6.07) is 10.6. The lowest BCUT2D eigenvalue weighted by Crippen LogP contribution is -2.02. The molecule has 1 unspecified atom stereocenters. The van der Waals surface area contributed by atoms with Gasteiger partial charge in [0.05, 0.1) is 0 Å². The highest BCUT2D eigenvalue weighted by Crippen LogP contribution is 2.52. The minimum absolute atomic E-state index is 0.588. The molecule has 0 aromatic heterocycles. The topological polar surface area (TPSA) is 0 Å². The number of hydrogen-bond acceptors (Lipinski definition) is 0. The summed E-state index contributed by atoms with van der Waals surface area (Å²) < 4.78 is 0. The Labute approximate surface area is 144 Å². The molecule has 1 rings (SSSR count). The van der Waals surface area contributed by atoms with Gasteiger partial charge in [-0.15, -0.1) is 0 Å². The van der Waals surface area contributed by atoms with Gasteiger partial charge in [-0.3, -0.25) is 0 Å². The molecule has 0 aliphatic heterocycles. The molecule has 1 aromatic rings. The molecule has 0 heterocycles. The summed E-state index contributed by atoms with van der Waals surface area (Å²) in [5.74, 6) is 0. The molecule has 0 aliphatic rings. The predicted molar refractivity (Wildman–Crippen MR) is 111 cm³/mol. The van der Waals surface area contributed by atoms with Crippen molar-refractivity contribution in [2.75, 3.05) is 0 Å². The summed E-state index contributed by atoms with van der Waals surface area (Å²) >= 11 is 0. The lowest BCUT2D eigenvalue weighted by molar-refractivity contribution is 1.50. The first-order valence-electron chi connectivity index (χ1n) is 8.04. The summed E-state index contributed by atoms with van der Waals surface area (Å²) in [7, 11) is -0.588. The summed E-state index contributed by atoms with van der Waals surface area (Å²) in [6.07, 6.45) is 16.3. The maximum absolute atomic E-state index is 4.00. The lowest BCUT2D eigenvalue weighted by Gasteiger charge is -2.20. The molecule has 0 bridgehead atoms. The average molecular weight is 324 g/mol. The van der Waals surface area contributed by atoms with Crippen LogP contribution in [0, 0.1) is 0 Å². The standard InChI is InChI=1S/C20H23P.C2H6/c1-5-9-14-18(7-3)21(19(8-4)15-10-6-2)20-16-12-11-13-17-20;1-2/h5-17H,1,4H2,2-3H3;1-2H3/b10-6-,14-9-,18-7+,19-15+;. The first-order chi connectivity index (χ1) is 11.3. The Morgan fingerprint density at radius 1 is 0.957 bits per heavy atom. The molecule has 1 heteroatoms. The smallest absolute Gasteiger partial charge is 0.0138 e. The number of hydrogen-bond donors (Lipinski definition) is 0. The van der Waals surface area contributed by atoms with E-state index in [1.54, 1.807) is 0 Å². The second-order valence-corrected chi connectivity index (χ2v) is 6.52. The second-order valence-electron chi connectivity index (χ2n) is 4.30. The van der Waals surface area contributed by atoms with E-state index in [-0.39, 0.29) is 0 Å². The predicted octanol–water partition coefficient (Wildman–Crippen LogP) is 7.11. The van der Waals surface area contributed by atoms with Crippen LogP contribution in [0.5, 0.6) is 0 Å². The summed E-state index contributed by atoms with van der Waals surface area (Å²) in [5.41, 5.74) is 0.